The third-order valence-electron chi connectivity index (χ3n) is 12.4. The van der Waals surface area contributed by atoms with Gasteiger partial charge in [-0.05, 0) is 163 Å². The van der Waals surface area contributed by atoms with E-state index < -0.39 is 102 Å². The number of hydrogen-bond donors (Lipinski definition) is 0. The van der Waals surface area contributed by atoms with Crippen molar-refractivity contribution in [1.82, 2.24) is 0 Å². The normalized spacial score (nSPS) is 14.9. The molecule has 0 bridgehead atoms. The number of nitrogens with zero attached hydrogens (tertiary/aromatic N) is 1. The first-order chi connectivity index (χ1) is 38.5. The third kappa shape index (κ3) is 6.16. The standard InChI is InChI=1S/C64H41N/c1-3-18-51-46(14-1)40-62(58-25-10-5-20-53(51)58)43-30-35-49(36-31-43)65(50-17-13-16-45(38-50)63-41-47-15-2-4-19-52(47)54-21-6-11-26-59(54)63)48-33-28-42(29-34-48)44-32-37-61-57-24-8-7-22-55(57)56-23-9-12-27-60(56)64(61)39-44/h1-41H/i7D,8D,9D,12D,22D,23D,24D,27D,28D,29D,32D,33D,34D,37D,39D. The lowest BCUT2D eigenvalue weighted by atomic mass is 9.92. The Morgan fingerprint density at radius 2 is 0.738 bits per heavy atom. The predicted octanol–water partition coefficient (Wildman–Crippen LogP) is 18.2. The molecule has 0 N–H and O–H groups in total. The Balaban J connectivity index is 1.07. The minimum absolute atomic E-state index is 0.167. The lowest BCUT2D eigenvalue weighted by Gasteiger charge is -2.27. The molecular weight excluding hydrogens is 783 g/mol. The zero-order valence-electron chi connectivity index (χ0n) is 49.5. The van der Waals surface area contributed by atoms with Gasteiger partial charge in [0.1, 0.15) is 0 Å². The predicted molar refractivity (Wildman–Crippen MR) is 280 cm³/mol. The number of fused-ring (bicyclic) bond motifs is 12. The second-order valence-corrected chi connectivity index (χ2v) is 16.0. The lowest BCUT2D eigenvalue weighted by Crippen LogP contribution is -2.10. The van der Waals surface area contributed by atoms with Crippen molar-refractivity contribution < 1.29 is 20.6 Å². The van der Waals surface area contributed by atoms with E-state index in [2.05, 4.69) is 60.7 Å². The SMILES string of the molecule is [2H]c1c([2H])c(N(c2ccc(-c3cc4ccccc4c4ccccc34)cc2)c2cccc(-c3cc4ccccc4c4ccccc34)c2)c([2H])c([2H])c1-c1c([2H])c([2H])c2c3c([2H])c([2H])c([2H])c([2H])c3c3c([2H])c([2H])c([2H])c([2H])c3c2c1[2H]. The Bertz CT molecular complexity index is 4830. The van der Waals surface area contributed by atoms with Crippen molar-refractivity contribution in [3.05, 3.63) is 248 Å². The maximum atomic E-state index is 9.93. The molecule has 0 amide bonds. The van der Waals surface area contributed by atoms with Crippen molar-refractivity contribution in [3.63, 3.8) is 0 Å². The molecule has 13 aromatic carbocycles. The zero-order chi connectivity index (χ0) is 55.9. The molecule has 0 spiro atoms. The molecule has 0 fully saturated rings. The van der Waals surface area contributed by atoms with Crippen molar-refractivity contribution in [2.75, 3.05) is 4.90 Å². The molecule has 0 radical (unpaired) electrons. The largest absolute Gasteiger partial charge is 0.310 e. The molecule has 13 rings (SSSR count). The van der Waals surface area contributed by atoms with E-state index in [0.29, 0.717) is 11.4 Å². The van der Waals surface area contributed by atoms with Gasteiger partial charge in [0.2, 0.25) is 0 Å². The van der Waals surface area contributed by atoms with Crippen LogP contribution in [0.1, 0.15) is 20.6 Å². The quantitative estimate of drug-likeness (QED) is 0.151. The van der Waals surface area contributed by atoms with Crippen molar-refractivity contribution >= 4 is 92.5 Å². The van der Waals surface area contributed by atoms with Crippen molar-refractivity contribution in [2.45, 2.75) is 0 Å². The van der Waals surface area contributed by atoms with Crippen LogP contribution >= 0.6 is 0 Å². The van der Waals surface area contributed by atoms with Gasteiger partial charge in [0.25, 0.3) is 0 Å². The molecule has 0 aliphatic heterocycles. The van der Waals surface area contributed by atoms with E-state index in [9.17, 15) is 9.60 Å². The van der Waals surface area contributed by atoms with Crippen molar-refractivity contribution in [1.29, 1.82) is 0 Å². The second-order valence-electron chi connectivity index (χ2n) is 16.0. The zero-order valence-corrected chi connectivity index (χ0v) is 34.5. The molecule has 0 saturated heterocycles. The number of rotatable bonds is 6. The summed E-state index contributed by atoms with van der Waals surface area (Å²) in [5.41, 5.74) is 3.33. The first kappa shape index (κ1) is 24.9. The summed E-state index contributed by atoms with van der Waals surface area (Å²) >= 11 is 0. The first-order valence-corrected chi connectivity index (χ1v) is 21.3. The van der Waals surface area contributed by atoms with Crippen LogP contribution in [0.2, 0.25) is 0 Å². The highest BCUT2D eigenvalue weighted by molar-refractivity contribution is 6.26. The highest BCUT2D eigenvalue weighted by Gasteiger charge is 2.17. The van der Waals surface area contributed by atoms with Crippen molar-refractivity contribution in [2.24, 2.45) is 0 Å². The fraction of sp³-hybridized carbons (Fsp3) is 0. The number of benzene rings is 13. The van der Waals surface area contributed by atoms with Crippen LogP contribution in [0.5, 0.6) is 0 Å². The number of hydrogen-bond acceptors (Lipinski definition) is 1. The summed E-state index contributed by atoms with van der Waals surface area (Å²) in [4.78, 5) is 1.66. The summed E-state index contributed by atoms with van der Waals surface area (Å²) in [5.74, 6) is 0. The number of anilines is 3. The molecule has 0 atom stereocenters. The van der Waals surface area contributed by atoms with Crippen LogP contribution in [0.4, 0.5) is 17.1 Å². The first-order valence-electron chi connectivity index (χ1n) is 28.8. The van der Waals surface area contributed by atoms with Gasteiger partial charge in [-0.25, -0.2) is 0 Å². The minimum Gasteiger partial charge on any atom is -0.310 e. The van der Waals surface area contributed by atoms with Gasteiger partial charge in [-0.1, -0.05) is 194 Å². The second kappa shape index (κ2) is 15.1. The van der Waals surface area contributed by atoms with Gasteiger partial charge in [-0.3, -0.25) is 0 Å². The van der Waals surface area contributed by atoms with Gasteiger partial charge < -0.3 is 4.90 Å². The van der Waals surface area contributed by atoms with Crippen molar-refractivity contribution in [3.8, 4) is 33.4 Å². The smallest absolute Gasteiger partial charge is 0.0645 e. The molecule has 65 heavy (non-hydrogen) atoms. The average Bonchev–Trinajstić information content (AvgIpc) is 2.10. The summed E-state index contributed by atoms with van der Waals surface area (Å²) in [6, 6.07) is 42.1. The molecule has 0 saturated carbocycles. The molecule has 0 aliphatic rings. The molecule has 0 heterocycles. The van der Waals surface area contributed by atoms with Crippen LogP contribution in [0.15, 0.2) is 248 Å². The molecular formula is C64H41N. The molecule has 1 heteroatoms. The van der Waals surface area contributed by atoms with Gasteiger partial charge in [-0.15, -0.1) is 0 Å². The average molecular weight is 839 g/mol. The molecule has 0 aliphatic carbocycles. The monoisotopic (exact) mass is 838 g/mol. The summed E-state index contributed by atoms with van der Waals surface area (Å²) in [6.07, 6.45) is 0. The molecule has 1 nitrogen and oxygen atoms in total. The van der Waals surface area contributed by atoms with E-state index in [1.54, 1.807) is 4.90 Å². The van der Waals surface area contributed by atoms with E-state index in [-0.39, 0.29) is 38.0 Å². The van der Waals surface area contributed by atoms with E-state index in [4.69, 9.17) is 11.0 Å². The van der Waals surface area contributed by atoms with Crippen LogP contribution in [0, 0.1) is 0 Å². The molecule has 13 aromatic rings. The van der Waals surface area contributed by atoms with Crippen LogP contribution in [-0.4, -0.2) is 0 Å². The highest BCUT2D eigenvalue weighted by Crippen LogP contribution is 2.43. The van der Waals surface area contributed by atoms with E-state index in [1.165, 1.54) is 0 Å². The summed E-state index contributed by atoms with van der Waals surface area (Å²) in [5, 5.41) is 6.35. The maximum absolute atomic E-state index is 9.93. The Morgan fingerprint density at radius 1 is 0.262 bits per heavy atom. The maximum Gasteiger partial charge on any atom is 0.0645 e. The summed E-state index contributed by atoms with van der Waals surface area (Å²) in [7, 11) is 0. The Kier molecular flexibility index (Phi) is 5.79. The van der Waals surface area contributed by atoms with Gasteiger partial charge in [-0.2, -0.15) is 0 Å². The summed E-state index contributed by atoms with van der Waals surface area (Å²) in [6.45, 7) is 0. The minimum atomic E-state index is -0.756. The van der Waals surface area contributed by atoms with Gasteiger partial charge >= 0.3 is 0 Å². The van der Waals surface area contributed by atoms with Gasteiger partial charge in [0.15, 0.2) is 0 Å². The third-order valence-corrected chi connectivity index (χ3v) is 12.4. The van der Waals surface area contributed by atoms with E-state index in [0.717, 1.165) is 65.3 Å². The van der Waals surface area contributed by atoms with Crippen LogP contribution in [-0.2, 0) is 0 Å². The van der Waals surface area contributed by atoms with Gasteiger partial charge in [0.05, 0.1) is 20.6 Å². The van der Waals surface area contributed by atoms with E-state index in [1.807, 2.05) is 97.1 Å². The highest BCUT2D eigenvalue weighted by atomic mass is 15.1. The molecule has 0 aromatic heterocycles. The van der Waals surface area contributed by atoms with Crippen LogP contribution in [0.25, 0.3) is 109 Å². The van der Waals surface area contributed by atoms with Gasteiger partial charge in [0, 0.05) is 17.1 Å². The Hall–Kier alpha value is -8.52. The van der Waals surface area contributed by atoms with Crippen LogP contribution in [0.3, 0.4) is 0 Å². The fourth-order valence-electron chi connectivity index (χ4n) is 9.42. The summed E-state index contributed by atoms with van der Waals surface area (Å²) < 4.78 is 139. The van der Waals surface area contributed by atoms with E-state index >= 15 is 0 Å². The lowest BCUT2D eigenvalue weighted by molar-refractivity contribution is 1.28. The molecule has 302 valence electrons. The molecule has 0 unspecified atom stereocenters. The Labute approximate surface area is 398 Å². The Morgan fingerprint density at radius 3 is 1.32 bits per heavy atom. The topological polar surface area (TPSA) is 3.24 Å². The van der Waals surface area contributed by atoms with Crippen LogP contribution < -0.4 is 4.90 Å². The fourth-order valence-corrected chi connectivity index (χ4v) is 9.42.